The maximum atomic E-state index is 12.3. The van der Waals surface area contributed by atoms with Crippen molar-refractivity contribution in [1.82, 2.24) is 5.32 Å². The number of rotatable bonds is 6. The van der Waals surface area contributed by atoms with Gasteiger partial charge in [-0.15, -0.1) is 5.10 Å². The van der Waals surface area contributed by atoms with Crippen LogP contribution in [0.15, 0.2) is 58.7 Å². The van der Waals surface area contributed by atoms with Gasteiger partial charge in [-0.2, -0.15) is 5.10 Å². The molecule has 1 aliphatic heterocycles. The highest BCUT2D eigenvalue weighted by molar-refractivity contribution is 8.15. The van der Waals surface area contributed by atoms with Crippen LogP contribution in [0, 0.1) is 6.92 Å². The molecule has 1 saturated heterocycles. The summed E-state index contributed by atoms with van der Waals surface area (Å²) >= 11 is 1.00. The Hall–Kier alpha value is -3.46. The average Bonchev–Trinajstić information content (AvgIpc) is 3.02. The summed E-state index contributed by atoms with van der Waals surface area (Å²) in [5.74, 6) is -1.66. The van der Waals surface area contributed by atoms with Gasteiger partial charge in [-0.05, 0) is 31.2 Å². The largest absolute Gasteiger partial charge is 0.481 e. The molecular formula is C20H17N3O5S. The predicted molar refractivity (Wildman–Crippen MR) is 109 cm³/mol. The van der Waals surface area contributed by atoms with E-state index in [2.05, 4.69) is 15.5 Å². The molecule has 0 aromatic heterocycles. The van der Waals surface area contributed by atoms with Crippen LogP contribution in [-0.4, -0.2) is 39.6 Å². The second-order valence-corrected chi connectivity index (χ2v) is 7.33. The zero-order valence-electron chi connectivity index (χ0n) is 15.4. The monoisotopic (exact) mass is 411 g/mol. The van der Waals surface area contributed by atoms with E-state index in [4.69, 9.17) is 9.84 Å². The molecule has 9 heteroatoms. The van der Waals surface area contributed by atoms with E-state index in [9.17, 15) is 14.4 Å². The van der Waals surface area contributed by atoms with E-state index >= 15 is 0 Å². The Kier molecular flexibility index (Phi) is 6.40. The molecule has 0 bridgehead atoms. The second-order valence-electron chi connectivity index (χ2n) is 6.14. The van der Waals surface area contributed by atoms with Gasteiger partial charge in [0.05, 0.1) is 18.2 Å². The minimum atomic E-state index is -1.06. The Morgan fingerprint density at radius 2 is 1.93 bits per heavy atom. The number of hydrogen-bond donors (Lipinski definition) is 2. The number of benzene rings is 2. The summed E-state index contributed by atoms with van der Waals surface area (Å²) in [5.41, 5.74) is 1.99. The minimum absolute atomic E-state index is 0.214. The van der Waals surface area contributed by atoms with E-state index in [1.54, 1.807) is 36.4 Å². The number of ether oxygens (including phenoxy) is 1. The van der Waals surface area contributed by atoms with Crippen molar-refractivity contribution in [2.75, 3.05) is 0 Å². The molecule has 2 N–H and O–H groups in total. The van der Waals surface area contributed by atoms with E-state index < -0.39 is 23.1 Å². The Bertz CT molecular complexity index is 1000. The van der Waals surface area contributed by atoms with Crippen LogP contribution in [0.3, 0.4) is 0 Å². The number of nitrogens with one attached hydrogen (secondary N) is 1. The standard InChI is InChI=1S/C20H17N3O5S/c1-12-6-8-13(9-7-12)19(27)28-15-5-3-2-4-14(15)11-21-23-20-22-18(26)16(29-20)10-17(24)25/h2-9,11,16H,10H2,1H3,(H,24,25)(H,22,23,26)/b21-11-/t16-/m0/s1. The van der Waals surface area contributed by atoms with E-state index in [-0.39, 0.29) is 11.6 Å². The van der Waals surface area contributed by atoms with Crippen molar-refractivity contribution in [2.45, 2.75) is 18.6 Å². The number of aryl methyl sites for hydroxylation is 1. The number of amidine groups is 1. The molecular weight excluding hydrogens is 394 g/mol. The van der Waals surface area contributed by atoms with E-state index in [1.165, 1.54) is 6.21 Å². The van der Waals surface area contributed by atoms with Gasteiger partial charge in [0.15, 0.2) is 5.17 Å². The van der Waals surface area contributed by atoms with Crippen LogP contribution in [0.4, 0.5) is 0 Å². The van der Waals surface area contributed by atoms with E-state index in [0.717, 1.165) is 17.3 Å². The molecule has 0 saturated carbocycles. The lowest BCUT2D eigenvalue weighted by Gasteiger charge is -2.07. The van der Waals surface area contributed by atoms with Gasteiger partial charge in [-0.25, -0.2) is 4.79 Å². The van der Waals surface area contributed by atoms with Gasteiger partial charge in [-0.3, -0.25) is 9.59 Å². The molecule has 1 atom stereocenters. The predicted octanol–water partition coefficient (Wildman–Crippen LogP) is 2.61. The van der Waals surface area contributed by atoms with Crippen molar-refractivity contribution in [2.24, 2.45) is 10.2 Å². The number of carboxylic acid groups (broad SMARTS) is 1. The molecule has 3 rings (SSSR count). The van der Waals surface area contributed by atoms with Gasteiger partial charge in [0.25, 0.3) is 0 Å². The number of carbonyl (C=O) groups is 3. The zero-order valence-corrected chi connectivity index (χ0v) is 16.2. The lowest BCUT2D eigenvalue weighted by molar-refractivity contribution is -0.138. The number of carbonyl (C=O) groups excluding carboxylic acids is 2. The number of aliphatic carboxylic acids is 1. The first kappa shape index (κ1) is 20.3. The molecule has 1 amide bonds. The fraction of sp³-hybridized carbons (Fsp3) is 0.150. The fourth-order valence-corrected chi connectivity index (χ4v) is 3.33. The number of esters is 1. The fourth-order valence-electron chi connectivity index (χ4n) is 2.42. The smallest absolute Gasteiger partial charge is 0.343 e. The van der Waals surface area contributed by atoms with E-state index in [0.29, 0.717) is 16.9 Å². The SMILES string of the molecule is Cc1ccc(C(=O)Oc2ccccc2/C=N\N=C2\NC(=O)[C@H](CC(=O)O)S2)cc1. The van der Waals surface area contributed by atoms with E-state index in [1.807, 2.05) is 19.1 Å². The Morgan fingerprint density at radius 1 is 1.21 bits per heavy atom. The summed E-state index contributed by atoms with van der Waals surface area (Å²) < 4.78 is 5.45. The van der Waals surface area contributed by atoms with Crippen LogP contribution in [0.2, 0.25) is 0 Å². The maximum Gasteiger partial charge on any atom is 0.343 e. The number of thioether (sulfide) groups is 1. The summed E-state index contributed by atoms with van der Waals surface area (Å²) in [5, 5.41) is 18.6. The van der Waals surface area contributed by atoms with Crippen molar-refractivity contribution in [1.29, 1.82) is 0 Å². The van der Waals surface area contributed by atoms with Crippen LogP contribution in [0.1, 0.15) is 27.9 Å². The molecule has 0 unspecified atom stereocenters. The molecule has 2 aromatic carbocycles. The average molecular weight is 411 g/mol. The third-order valence-corrected chi connectivity index (χ3v) is 4.96. The van der Waals surface area contributed by atoms with Crippen molar-refractivity contribution in [3.05, 3.63) is 65.2 Å². The number of para-hydroxylation sites is 1. The highest BCUT2D eigenvalue weighted by Gasteiger charge is 2.32. The highest BCUT2D eigenvalue weighted by atomic mass is 32.2. The first-order valence-corrected chi connectivity index (χ1v) is 9.48. The first-order valence-electron chi connectivity index (χ1n) is 8.60. The van der Waals surface area contributed by atoms with Crippen LogP contribution < -0.4 is 10.1 Å². The van der Waals surface area contributed by atoms with Crippen LogP contribution in [0.5, 0.6) is 5.75 Å². The molecule has 1 aliphatic rings. The quantitative estimate of drug-likeness (QED) is 0.327. The molecule has 0 radical (unpaired) electrons. The van der Waals surface area contributed by atoms with Crippen LogP contribution >= 0.6 is 11.8 Å². The van der Waals surface area contributed by atoms with Crippen molar-refractivity contribution < 1.29 is 24.2 Å². The summed E-state index contributed by atoms with van der Waals surface area (Å²) in [6.07, 6.45) is 1.10. The van der Waals surface area contributed by atoms with Gasteiger partial charge >= 0.3 is 11.9 Å². The molecule has 1 fully saturated rings. The molecule has 0 aliphatic carbocycles. The molecule has 2 aromatic rings. The third kappa shape index (κ3) is 5.52. The summed E-state index contributed by atoms with van der Waals surface area (Å²) in [7, 11) is 0. The number of nitrogens with zero attached hydrogens (tertiary/aromatic N) is 2. The number of carboxylic acids is 1. The molecule has 8 nitrogen and oxygen atoms in total. The molecule has 148 valence electrons. The normalized spacial score (nSPS) is 17.5. The lowest BCUT2D eigenvalue weighted by atomic mass is 10.1. The lowest BCUT2D eigenvalue weighted by Crippen LogP contribution is -2.26. The maximum absolute atomic E-state index is 12.3. The summed E-state index contributed by atoms with van der Waals surface area (Å²) in [4.78, 5) is 34.8. The first-order chi connectivity index (χ1) is 13.9. The molecule has 29 heavy (non-hydrogen) atoms. The Balaban J connectivity index is 1.69. The number of hydrogen-bond acceptors (Lipinski definition) is 7. The summed E-state index contributed by atoms with van der Waals surface area (Å²) in [6, 6.07) is 13.8. The van der Waals surface area contributed by atoms with Gasteiger partial charge in [0.2, 0.25) is 5.91 Å². The highest BCUT2D eigenvalue weighted by Crippen LogP contribution is 2.22. The topological polar surface area (TPSA) is 117 Å². The van der Waals surface area contributed by atoms with Gasteiger partial charge < -0.3 is 15.2 Å². The zero-order chi connectivity index (χ0) is 20.8. The van der Waals surface area contributed by atoms with Crippen LogP contribution in [-0.2, 0) is 9.59 Å². The van der Waals surface area contributed by atoms with Crippen LogP contribution in [0.25, 0.3) is 0 Å². The van der Waals surface area contributed by atoms with Gasteiger partial charge in [0.1, 0.15) is 11.0 Å². The van der Waals surface area contributed by atoms with Crippen molar-refractivity contribution in [3.8, 4) is 5.75 Å². The van der Waals surface area contributed by atoms with Crippen molar-refractivity contribution >= 4 is 41.0 Å². The minimum Gasteiger partial charge on any atom is -0.481 e. The van der Waals surface area contributed by atoms with Gasteiger partial charge in [0, 0.05) is 5.56 Å². The summed E-state index contributed by atoms with van der Waals surface area (Å²) in [6.45, 7) is 1.93. The second kappa shape index (κ2) is 9.16. The molecule has 1 heterocycles. The van der Waals surface area contributed by atoms with Crippen molar-refractivity contribution in [3.63, 3.8) is 0 Å². The number of amides is 1. The van der Waals surface area contributed by atoms with Gasteiger partial charge in [-0.1, -0.05) is 41.6 Å². The third-order valence-electron chi connectivity index (χ3n) is 3.89. The Morgan fingerprint density at radius 3 is 2.66 bits per heavy atom. The molecule has 0 spiro atoms. The Labute approximate surface area is 170 Å².